The number of rotatable bonds is 3. The number of halogens is 2. The van der Waals surface area contributed by atoms with Crippen LogP contribution in [0.1, 0.15) is 25.7 Å². The number of benzene rings is 1. The van der Waals surface area contributed by atoms with Gasteiger partial charge in [-0.15, -0.1) is 0 Å². The zero-order valence-electron chi connectivity index (χ0n) is 11.6. The summed E-state index contributed by atoms with van der Waals surface area (Å²) in [7, 11) is 2.21. The van der Waals surface area contributed by atoms with E-state index >= 15 is 0 Å². The topological polar surface area (TPSA) is 35.5 Å². The number of piperidine rings is 1. The lowest BCUT2D eigenvalue weighted by molar-refractivity contribution is 0.0833. The fourth-order valence-corrected chi connectivity index (χ4v) is 4.21. The van der Waals surface area contributed by atoms with Gasteiger partial charge >= 0.3 is 0 Å². The summed E-state index contributed by atoms with van der Waals surface area (Å²) in [5, 5.41) is 14.2. The third kappa shape index (κ3) is 2.59. The molecule has 0 aliphatic carbocycles. The van der Waals surface area contributed by atoms with Gasteiger partial charge in [-0.2, -0.15) is 0 Å². The molecule has 2 N–H and O–H groups in total. The third-order valence-electron chi connectivity index (χ3n) is 4.87. The molecule has 0 spiro atoms. The van der Waals surface area contributed by atoms with Crippen LogP contribution >= 0.6 is 27.5 Å². The normalized spacial score (nSPS) is 33.4. The standard InChI is InChI=1S/C15H20BrClN2O/c1-19-11-3-4-12(19)8-15(7-11,9-20)18-10-2-5-14(17)13(16)6-10/h2,5-6,11-12,18,20H,3-4,7-9H2,1H3. The van der Waals surface area contributed by atoms with E-state index in [4.69, 9.17) is 11.6 Å². The zero-order valence-corrected chi connectivity index (χ0v) is 13.9. The van der Waals surface area contributed by atoms with Crippen LogP contribution in [0.4, 0.5) is 5.69 Å². The maximum absolute atomic E-state index is 9.96. The number of anilines is 1. The van der Waals surface area contributed by atoms with E-state index in [2.05, 4.69) is 33.2 Å². The summed E-state index contributed by atoms with van der Waals surface area (Å²) in [5.74, 6) is 0. The Bertz CT molecular complexity index is 497. The molecule has 5 heteroatoms. The molecular formula is C15H20BrClN2O. The predicted molar refractivity (Wildman–Crippen MR) is 86.4 cm³/mol. The molecule has 0 amide bonds. The number of hydrogen-bond acceptors (Lipinski definition) is 3. The minimum absolute atomic E-state index is 0.175. The summed E-state index contributed by atoms with van der Waals surface area (Å²) < 4.78 is 0.883. The number of nitrogens with one attached hydrogen (secondary N) is 1. The molecule has 2 aliphatic rings. The van der Waals surface area contributed by atoms with E-state index in [0.29, 0.717) is 17.1 Å². The number of nitrogens with zero attached hydrogens (tertiary/aromatic N) is 1. The first-order valence-corrected chi connectivity index (χ1v) is 8.26. The van der Waals surface area contributed by atoms with Gasteiger partial charge in [-0.05, 0) is 66.9 Å². The highest BCUT2D eigenvalue weighted by Gasteiger charge is 2.46. The molecule has 2 saturated heterocycles. The van der Waals surface area contributed by atoms with Crippen molar-refractivity contribution in [2.24, 2.45) is 0 Å². The number of hydrogen-bond donors (Lipinski definition) is 2. The minimum atomic E-state index is -0.203. The number of fused-ring (bicyclic) bond motifs is 2. The molecule has 3 rings (SSSR count). The van der Waals surface area contributed by atoms with Gasteiger partial charge in [0.15, 0.2) is 0 Å². The first-order chi connectivity index (χ1) is 9.53. The van der Waals surface area contributed by atoms with Crippen LogP contribution in [0.5, 0.6) is 0 Å². The van der Waals surface area contributed by atoms with Gasteiger partial charge in [-0.25, -0.2) is 0 Å². The lowest BCUT2D eigenvalue weighted by Gasteiger charge is -2.45. The Morgan fingerprint density at radius 2 is 2.05 bits per heavy atom. The fourth-order valence-electron chi connectivity index (χ4n) is 3.72. The summed E-state index contributed by atoms with van der Waals surface area (Å²) in [5.41, 5.74) is 0.810. The van der Waals surface area contributed by atoms with E-state index in [-0.39, 0.29) is 12.1 Å². The van der Waals surface area contributed by atoms with Crippen molar-refractivity contribution in [3.05, 3.63) is 27.7 Å². The van der Waals surface area contributed by atoms with Crippen LogP contribution in [0.15, 0.2) is 22.7 Å². The highest BCUT2D eigenvalue weighted by atomic mass is 79.9. The molecule has 1 aromatic carbocycles. The average molecular weight is 360 g/mol. The molecule has 2 bridgehead atoms. The van der Waals surface area contributed by atoms with Gasteiger partial charge in [0.05, 0.1) is 17.2 Å². The Labute approximate surface area is 133 Å². The third-order valence-corrected chi connectivity index (χ3v) is 6.08. The van der Waals surface area contributed by atoms with Gasteiger partial charge in [0, 0.05) is 22.2 Å². The second-order valence-corrected chi connectivity index (χ2v) is 7.41. The summed E-state index contributed by atoms with van der Waals surface area (Å²) >= 11 is 9.49. The second-order valence-electron chi connectivity index (χ2n) is 6.15. The summed E-state index contributed by atoms with van der Waals surface area (Å²) in [6.45, 7) is 0.175. The highest BCUT2D eigenvalue weighted by Crippen LogP contribution is 2.41. The molecule has 2 atom stereocenters. The molecule has 110 valence electrons. The number of aliphatic hydroxyl groups is 1. The minimum Gasteiger partial charge on any atom is -0.394 e. The molecule has 2 unspecified atom stereocenters. The molecule has 3 nitrogen and oxygen atoms in total. The van der Waals surface area contributed by atoms with Crippen LogP contribution in [0.2, 0.25) is 5.02 Å². The van der Waals surface area contributed by atoms with E-state index in [1.54, 1.807) is 0 Å². The smallest absolute Gasteiger partial charge is 0.0662 e. The summed E-state index contributed by atoms with van der Waals surface area (Å²) in [4.78, 5) is 2.48. The molecule has 0 saturated carbocycles. The van der Waals surface area contributed by atoms with Crippen LogP contribution in [0, 0.1) is 0 Å². The van der Waals surface area contributed by atoms with E-state index in [0.717, 1.165) is 23.0 Å². The Hall–Kier alpha value is -0.290. The van der Waals surface area contributed by atoms with Crippen molar-refractivity contribution in [1.82, 2.24) is 4.90 Å². The average Bonchev–Trinajstić information content (AvgIpc) is 2.65. The van der Waals surface area contributed by atoms with E-state index in [1.807, 2.05) is 18.2 Å². The molecule has 20 heavy (non-hydrogen) atoms. The summed E-state index contributed by atoms with van der Waals surface area (Å²) in [6.07, 6.45) is 4.48. The van der Waals surface area contributed by atoms with E-state index in [1.165, 1.54) is 12.8 Å². The van der Waals surface area contributed by atoms with E-state index < -0.39 is 0 Å². The van der Waals surface area contributed by atoms with Crippen LogP contribution in [0.3, 0.4) is 0 Å². The van der Waals surface area contributed by atoms with Crippen molar-refractivity contribution in [3.63, 3.8) is 0 Å². The van der Waals surface area contributed by atoms with Gasteiger partial charge in [0.25, 0.3) is 0 Å². The predicted octanol–water partition coefficient (Wildman–Crippen LogP) is 3.50. The van der Waals surface area contributed by atoms with Crippen molar-refractivity contribution in [3.8, 4) is 0 Å². The maximum Gasteiger partial charge on any atom is 0.0662 e. The lowest BCUT2D eigenvalue weighted by atomic mass is 9.83. The van der Waals surface area contributed by atoms with Gasteiger partial charge in [-0.3, -0.25) is 0 Å². The van der Waals surface area contributed by atoms with Gasteiger partial charge in [0.2, 0.25) is 0 Å². The molecule has 2 heterocycles. The van der Waals surface area contributed by atoms with Crippen LogP contribution < -0.4 is 5.32 Å². The van der Waals surface area contributed by atoms with Crippen molar-refractivity contribution < 1.29 is 5.11 Å². The number of aliphatic hydroxyl groups excluding tert-OH is 1. The zero-order chi connectivity index (χ0) is 14.3. The highest BCUT2D eigenvalue weighted by molar-refractivity contribution is 9.10. The van der Waals surface area contributed by atoms with Gasteiger partial charge < -0.3 is 15.3 Å². The Morgan fingerprint density at radius 1 is 1.40 bits per heavy atom. The monoisotopic (exact) mass is 358 g/mol. The van der Waals surface area contributed by atoms with Crippen LogP contribution in [-0.4, -0.2) is 41.3 Å². The molecule has 0 radical (unpaired) electrons. The molecule has 2 aliphatic heterocycles. The molecule has 0 aromatic heterocycles. The molecule has 1 aromatic rings. The van der Waals surface area contributed by atoms with Gasteiger partial charge in [-0.1, -0.05) is 11.6 Å². The van der Waals surface area contributed by atoms with Crippen molar-refractivity contribution in [2.75, 3.05) is 19.0 Å². The second kappa shape index (κ2) is 5.48. The van der Waals surface area contributed by atoms with Crippen LogP contribution in [-0.2, 0) is 0 Å². The Kier molecular flexibility index (Phi) is 4.01. The first-order valence-electron chi connectivity index (χ1n) is 7.09. The first kappa shape index (κ1) is 14.6. The van der Waals surface area contributed by atoms with Gasteiger partial charge in [0.1, 0.15) is 0 Å². The maximum atomic E-state index is 9.96. The molecular weight excluding hydrogens is 340 g/mol. The lowest BCUT2D eigenvalue weighted by Crippen LogP contribution is -2.55. The van der Waals surface area contributed by atoms with Crippen molar-refractivity contribution in [1.29, 1.82) is 0 Å². The summed E-state index contributed by atoms with van der Waals surface area (Å²) in [6, 6.07) is 7.01. The van der Waals surface area contributed by atoms with Crippen molar-refractivity contribution >= 4 is 33.2 Å². The SMILES string of the molecule is CN1C2CCC1CC(CO)(Nc1ccc(Cl)c(Br)c1)C2. The quantitative estimate of drug-likeness (QED) is 0.867. The Balaban J connectivity index is 1.81. The fraction of sp³-hybridized carbons (Fsp3) is 0.600. The largest absolute Gasteiger partial charge is 0.394 e. The van der Waals surface area contributed by atoms with E-state index in [9.17, 15) is 5.11 Å². The molecule has 2 fully saturated rings. The van der Waals surface area contributed by atoms with Crippen molar-refractivity contribution in [2.45, 2.75) is 43.3 Å². The Morgan fingerprint density at radius 3 is 2.60 bits per heavy atom. The van der Waals surface area contributed by atoms with Crippen LogP contribution in [0.25, 0.3) is 0 Å².